The second-order valence-electron chi connectivity index (χ2n) is 25.7. The smallest absolute Gasteiger partial charge is 0.137 e. The SMILES string of the molecule is CC(=O)CC(C)=O.CC(=O)CC(C)=O.Cc1ccc[c-]c1-c1cc(-c2ccccc2)c2ccccc2n1.Cc1ccccc1-c1nccc2ccccc12.[Ir].[Ir].[Ir].[Ir].[c-]1c(-c2ccc3ccccc3n2)sc2ccccc12.[c-]1c(-c2ccccn2)sc2ccccc12.[c-]1ccccc1-c1ccccn1.[c-]1ccccc1-c1ccccn1. The number of aromatic nitrogens is 6. The Morgan fingerprint density at radius 2 is 0.776 bits per heavy atom. The average molecular weight is 2260 g/mol. The molecular formula is C100H79Ir4N6O4S2-5. The molecule has 0 N–H and O–H groups in total. The molecule has 18 aromatic rings. The fraction of sp³-hybridized carbons (Fsp3) is 0.0800. The van der Waals surface area contributed by atoms with Gasteiger partial charge >= 0.3 is 0 Å². The fourth-order valence-electron chi connectivity index (χ4n) is 11.7. The molecule has 586 valence electrons. The van der Waals surface area contributed by atoms with E-state index in [4.69, 9.17) is 9.97 Å². The van der Waals surface area contributed by atoms with Gasteiger partial charge in [-0.1, -0.05) is 201 Å². The number of benzene rings is 10. The van der Waals surface area contributed by atoms with Crippen LogP contribution in [0.2, 0.25) is 0 Å². The largest absolute Gasteiger partial charge is 0.305 e. The van der Waals surface area contributed by atoms with Gasteiger partial charge in [-0.15, -0.1) is 154 Å². The summed E-state index contributed by atoms with van der Waals surface area (Å²) in [4.78, 5) is 69.2. The number of carbonyl (C=O) groups is 4. The zero-order valence-corrected chi connectivity index (χ0v) is 75.5. The van der Waals surface area contributed by atoms with Gasteiger partial charge in [0.15, 0.2) is 0 Å². The summed E-state index contributed by atoms with van der Waals surface area (Å²) < 4.78 is 2.52. The zero-order valence-electron chi connectivity index (χ0n) is 64.3. The maximum absolute atomic E-state index is 10.0. The summed E-state index contributed by atoms with van der Waals surface area (Å²) in [5.41, 5.74) is 17.3. The molecule has 0 spiro atoms. The van der Waals surface area contributed by atoms with Gasteiger partial charge in [-0.2, -0.15) is 0 Å². The number of para-hydroxylation sites is 2. The maximum atomic E-state index is 10.0. The summed E-state index contributed by atoms with van der Waals surface area (Å²) in [6.45, 7) is 9.84. The van der Waals surface area contributed by atoms with Crippen molar-refractivity contribution in [3.05, 3.63) is 388 Å². The number of hydrogen-bond donors (Lipinski definition) is 0. The Balaban J connectivity index is 0.000000187. The monoisotopic (exact) mass is 2260 g/mol. The summed E-state index contributed by atoms with van der Waals surface area (Å²) in [5, 5.41) is 7.13. The second-order valence-corrected chi connectivity index (χ2v) is 27.8. The summed E-state index contributed by atoms with van der Waals surface area (Å²) in [6.07, 6.45) is 7.43. The molecule has 0 unspecified atom stereocenters. The van der Waals surface area contributed by atoms with E-state index in [0.717, 1.165) is 77.0 Å². The molecule has 0 amide bonds. The number of Topliss-reactive ketones (excluding diaryl/α,β-unsaturated/α-hetero) is 4. The molecule has 0 aliphatic rings. The fourth-order valence-corrected chi connectivity index (χ4v) is 13.7. The third kappa shape index (κ3) is 27.7. The minimum absolute atomic E-state index is 0. The Morgan fingerprint density at radius 3 is 1.29 bits per heavy atom. The number of nitrogens with zero attached hydrogens (tertiary/aromatic N) is 6. The molecule has 0 aliphatic heterocycles. The molecule has 16 heteroatoms. The Labute approximate surface area is 740 Å². The normalized spacial score (nSPS) is 9.91. The van der Waals surface area contributed by atoms with Gasteiger partial charge in [0.05, 0.1) is 29.6 Å². The molecular weight excluding hydrogens is 2180 g/mol. The molecule has 8 aromatic heterocycles. The van der Waals surface area contributed by atoms with Crippen molar-refractivity contribution in [2.45, 2.75) is 54.4 Å². The Kier molecular flexibility index (Phi) is 38.5. The molecule has 0 aliphatic carbocycles. The summed E-state index contributed by atoms with van der Waals surface area (Å²) in [7, 11) is 0. The molecule has 0 fully saturated rings. The minimum Gasteiger partial charge on any atom is -0.305 e. The maximum Gasteiger partial charge on any atom is 0.137 e. The topological polar surface area (TPSA) is 146 Å². The molecule has 18 rings (SSSR count). The van der Waals surface area contributed by atoms with Crippen LogP contribution in [0.5, 0.6) is 0 Å². The van der Waals surface area contributed by atoms with E-state index in [2.05, 4.69) is 228 Å². The second kappa shape index (κ2) is 48.4. The number of carbonyl (C=O) groups excluding carboxylic acids is 4. The van der Waals surface area contributed by atoms with E-state index in [1.807, 2.05) is 170 Å². The molecule has 0 saturated carbocycles. The van der Waals surface area contributed by atoms with E-state index in [9.17, 15) is 19.2 Å². The van der Waals surface area contributed by atoms with E-state index in [1.165, 1.54) is 91.8 Å². The van der Waals surface area contributed by atoms with Gasteiger partial charge in [-0.25, -0.2) is 22.7 Å². The number of rotatable bonds is 11. The number of ketones is 4. The van der Waals surface area contributed by atoms with Crippen molar-refractivity contribution in [2.75, 3.05) is 0 Å². The molecule has 10 nitrogen and oxygen atoms in total. The molecule has 4 radical (unpaired) electrons. The standard InChI is InChI=1S/C22H16N.C17H10NS.C16H13N.C13H8NS.2C11H8N.2C5H8O2.4Ir/c1-16-9-5-6-12-18(16)22-15-20(17-10-3-2-4-11-17)19-13-7-8-14-21(19)23-22;1-3-7-14-12(5-1)9-10-15(18-14)17-11-13-6-2-4-8-16(13)19-17;1-12-6-2-4-8-14(12)16-15-9-5-3-7-13(15)10-11-17-16;1-2-7-12-10(5-1)9-13(15-12)11-6-3-4-8-14-11;2*1-2-6-10(7-3-1)11-8-4-5-9-12-11;2*1-4(6)3-5(2)7;;;;/h2-11,13-15H,1H3;1-10H;2-11H,1H3;1-8H;2*1-6,8-9H;2*3H2,1-2H3;;;;/q2*-1;;3*-1;;;;;;. The van der Waals surface area contributed by atoms with E-state index < -0.39 is 0 Å². The predicted octanol–water partition coefficient (Wildman–Crippen LogP) is 24.8. The van der Waals surface area contributed by atoms with Crippen molar-refractivity contribution in [3.8, 4) is 77.3 Å². The number of fused-ring (bicyclic) bond motifs is 5. The van der Waals surface area contributed by atoms with Gasteiger partial charge in [0, 0.05) is 133 Å². The van der Waals surface area contributed by atoms with Crippen LogP contribution in [0, 0.1) is 44.2 Å². The predicted molar refractivity (Wildman–Crippen MR) is 462 cm³/mol. The number of pyridine rings is 6. The van der Waals surface area contributed by atoms with Crippen LogP contribution >= 0.6 is 22.7 Å². The summed E-state index contributed by atoms with van der Waals surface area (Å²) in [6, 6.07) is 125. The molecule has 116 heavy (non-hydrogen) atoms. The first-order valence-corrected chi connectivity index (χ1v) is 38.0. The van der Waals surface area contributed by atoms with Crippen LogP contribution in [0.1, 0.15) is 51.7 Å². The van der Waals surface area contributed by atoms with Crippen LogP contribution < -0.4 is 0 Å². The third-order valence-electron chi connectivity index (χ3n) is 16.9. The van der Waals surface area contributed by atoms with Crippen LogP contribution in [0.25, 0.3) is 130 Å². The van der Waals surface area contributed by atoms with Gasteiger partial charge < -0.3 is 15.0 Å². The van der Waals surface area contributed by atoms with Gasteiger partial charge in [0.25, 0.3) is 0 Å². The van der Waals surface area contributed by atoms with Crippen LogP contribution in [-0.2, 0) is 99.6 Å². The van der Waals surface area contributed by atoms with E-state index in [1.54, 1.807) is 35.1 Å². The summed E-state index contributed by atoms with van der Waals surface area (Å²) in [5.74, 6) is -0.250. The Bertz CT molecular complexity index is 5820. The first-order valence-electron chi connectivity index (χ1n) is 36.4. The van der Waals surface area contributed by atoms with Crippen molar-refractivity contribution >= 4 is 98.6 Å². The van der Waals surface area contributed by atoms with Gasteiger partial charge in [-0.05, 0) is 135 Å². The summed E-state index contributed by atoms with van der Waals surface area (Å²) >= 11 is 3.47. The van der Waals surface area contributed by atoms with Gasteiger partial charge in [-0.3, -0.25) is 34.1 Å². The van der Waals surface area contributed by atoms with E-state index >= 15 is 0 Å². The third-order valence-corrected chi connectivity index (χ3v) is 19.1. The molecule has 0 bridgehead atoms. The average Bonchev–Trinajstić information content (AvgIpc) is 1.01. The molecule has 10 aromatic carbocycles. The number of hydrogen-bond acceptors (Lipinski definition) is 12. The molecule has 0 atom stereocenters. The van der Waals surface area contributed by atoms with Crippen LogP contribution in [0.4, 0.5) is 0 Å². The van der Waals surface area contributed by atoms with Gasteiger partial charge in [0.2, 0.25) is 0 Å². The Hall–Kier alpha value is -10.9. The first kappa shape index (κ1) is 92.3. The molecule has 0 saturated heterocycles. The Morgan fingerprint density at radius 1 is 0.328 bits per heavy atom. The zero-order chi connectivity index (χ0) is 78.2. The van der Waals surface area contributed by atoms with Gasteiger partial charge in [0.1, 0.15) is 23.1 Å². The van der Waals surface area contributed by atoms with E-state index in [-0.39, 0.29) is 116 Å². The van der Waals surface area contributed by atoms with Crippen molar-refractivity contribution in [1.29, 1.82) is 0 Å². The van der Waals surface area contributed by atoms with Crippen molar-refractivity contribution in [3.63, 3.8) is 0 Å². The van der Waals surface area contributed by atoms with E-state index in [0.29, 0.717) is 0 Å². The van der Waals surface area contributed by atoms with Crippen LogP contribution in [0.15, 0.2) is 346 Å². The van der Waals surface area contributed by atoms with Crippen LogP contribution in [0.3, 0.4) is 0 Å². The quantitative estimate of drug-likeness (QED) is 0.0906. The van der Waals surface area contributed by atoms with Crippen molar-refractivity contribution in [2.24, 2.45) is 0 Å². The minimum atomic E-state index is -0.0625. The van der Waals surface area contributed by atoms with Crippen molar-refractivity contribution < 1.29 is 99.6 Å². The van der Waals surface area contributed by atoms with Crippen molar-refractivity contribution in [1.82, 2.24) is 29.9 Å². The molecule has 8 heterocycles. The van der Waals surface area contributed by atoms with Crippen LogP contribution in [-0.4, -0.2) is 53.0 Å². The first-order chi connectivity index (χ1) is 54.7. The number of aryl methyl sites for hydroxylation is 2. The number of thiophene rings is 2.